The second kappa shape index (κ2) is 6.99. The molecule has 5 nitrogen and oxygen atoms in total. The summed E-state index contributed by atoms with van der Waals surface area (Å²) in [6.45, 7) is 1.64. The van der Waals surface area contributed by atoms with Gasteiger partial charge in [0.05, 0.1) is 17.2 Å². The van der Waals surface area contributed by atoms with Crippen LogP contribution in [-0.4, -0.2) is 15.0 Å². The van der Waals surface area contributed by atoms with Crippen LogP contribution in [0.25, 0.3) is 11.4 Å². The minimum absolute atomic E-state index is 0.140. The van der Waals surface area contributed by atoms with Crippen LogP contribution < -0.4 is 11.1 Å². The largest absolute Gasteiger partial charge is 0.416 e. The van der Waals surface area contributed by atoms with Gasteiger partial charge in [-0.3, -0.25) is 0 Å². The standard InChI is InChI=1S/C18H16F3N5/c1-11(12-5-2-3-7-14(12)18(19,20)21)25-15-8-10-24-17(26-15)13-6-4-9-23-16(13)22/h2-11H,1H3,(H2,22,23)(H,24,25,26)/t11-/m0/s1. The van der Waals surface area contributed by atoms with Crippen molar-refractivity contribution in [2.24, 2.45) is 0 Å². The summed E-state index contributed by atoms with van der Waals surface area (Å²) in [6, 6.07) is 9.86. The molecule has 0 saturated heterocycles. The number of alkyl halides is 3. The maximum absolute atomic E-state index is 13.2. The molecule has 0 spiro atoms. The number of nitrogens with two attached hydrogens (primary N) is 1. The van der Waals surface area contributed by atoms with E-state index >= 15 is 0 Å². The van der Waals surface area contributed by atoms with Gasteiger partial charge in [-0.25, -0.2) is 15.0 Å². The maximum Gasteiger partial charge on any atom is 0.416 e. The zero-order valence-corrected chi connectivity index (χ0v) is 13.8. The Labute approximate surface area is 148 Å². The molecule has 134 valence electrons. The van der Waals surface area contributed by atoms with Crippen molar-refractivity contribution in [1.29, 1.82) is 0 Å². The smallest absolute Gasteiger partial charge is 0.383 e. The minimum atomic E-state index is -4.42. The lowest BCUT2D eigenvalue weighted by atomic mass is 10.0. The van der Waals surface area contributed by atoms with Crippen LogP contribution >= 0.6 is 0 Å². The molecule has 3 aromatic rings. The minimum Gasteiger partial charge on any atom is -0.383 e. The number of nitrogens with zero attached hydrogens (tertiary/aromatic N) is 3. The lowest BCUT2D eigenvalue weighted by molar-refractivity contribution is -0.138. The van der Waals surface area contributed by atoms with Gasteiger partial charge >= 0.3 is 6.18 Å². The van der Waals surface area contributed by atoms with E-state index < -0.39 is 17.8 Å². The van der Waals surface area contributed by atoms with E-state index in [0.717, 1.165) is 6.07 Å². The molecule has 0 unspecified atom stereocenters. The average Bonchev–Trinajstić information content (AvgIpc) is 2.61. The summed E-state index contributed by atoms with van der Waals surface area (Å²) in [7, 11) is 0. The highest BCUT2D eigenvalue weighted by Crippen LogP contribution is 2.35. The Morgan fingerprint density at radius 2 is 1.77 bits per heavy atom. The first-order valence-corrected chi connectivity index (χ1v) is 7.83. The van der Waals surface area contributed by atoms with Gasteiger partial charge in [0.1, 0.15) is 11.6 Å². The Morgan fingerprint density at radius 1 is 1.00 bits per heavy atom. The van der Waals surface area contributed by atoms with Crippen molar-refractivity contribution in [2.45, 2.75) is 19.1 Å². The monoisotopic (exact) mass is 359 g/mol. The van der Waals surface area contributed by atoms with E-state index in [2.05, 4.69) is 20.3 Å². The summed E-state index contributed by atoms with van der Waals surface area (Å²) < 4.78 is 39.6. The highest BCUT2D eigenvalue weighted by molar-refractivity contribution is 5.68. The van der Waals surface area contributed by atoms with Crippen molar-refractivity contribution in [1.82, 2.24) is 15.0 Å². The molecular formula is C18H16F3N5. The Kier molecular flexibility index (Phi) is 4.75. The van der Waals surface area contributed by atoms with Crippen LogP contribution in [0.3, 0.4) is 0 Å². The van der Waals surface area contributed by atoms with Crippen molar-refractivity contribution in [3.63, 3.8) is 0 Å². The molecule has 3 rings (SSSR count). The number of hydrogen-bond acceptors (Lipinski definition) is 5. The third-order valence-corrected chi connectivity index (χ3v) is 3.83. The maximum atomic E-state index is 13.2. The summed E-state index contributed by atoms with van der Waals surface area (Å²) >= 11 is 0. The van der Waals surface area contributed by atoms with E-state index in [4.69, 9.17) is 5.73 Å². The fourth-order valence-electron chi connectivity index (χ4n) is 2.61. The number of halogens is 3. The fraction of sp³-hybridized carbons (Fsp3) is 0.167. The molecule has 0 saturated carbocycles. The molecule has 2 aromatic heterocycles. The predicted molar refractivity (Wildman–Crippen MR) is 93.2 cm³/mol. The van der Waals surface area contributed by atoms with E-state index in [1.54, 1.807) is 37.4 Å². The summed E-state index contributed by atoms with van der Waals surface area (Å²) in [5, 5.41) is 2.99. The molecule has 0 aliphatic rings. The van der Waals surface area contributed by atoms with Crippen LogP contribution in [-0.2, 0) is 6.18 Å². The van der Waals surface area contributed by atoms with Crippen LogP contribution in [0.2, 0.25) is 0 Å². The van der Waals surface area contributed by atoms with E-state index in [-0.39, 0.29) is 11.4 Å². The van der Waals surface area contributed by atoms with Crippen molar-refractivity contribution >= 4 is 11.6 Å². The Balaban J connectivity index is 1.89. The number of pyridine rings is 1. The molecule has 0 fully saturated rings. The highest BCUT2D eigenvalue weighted by Gasteiger charge is 2.34. The second-order valence-corrected chi connectivity index (χ2v) is 5.65. The number of hydrogen-bond donors (Lipinski definition) is 2. The van der Waals surface area contributed by atoms with Gasteiger partial charge < -0.3 is 11.1 Å². The number of rotatable bonds is 4. The van der Waals surface area contributed by atoms with Crippen molar-refractivity contribution in [2.75, 3.05) is 11.1 Å². The van der Waals surface area contributed by atoms with E-state index in [9.17, 15) is 13.2 Å². The first-order valence-electron chi connectivity index (χ1n) is 7.83. The zero-order valence-electron chi connectivity index (χ0n) is 13.8. The molecule has 26 heavy (non-hydrogen) atoms. The molecule has 8 heteroatoms. The summed E-state index contributed by atoms with van der Waals surface area (Å²) in [4.78, 5) is 12.5. The zero-order chi connectivity index (χ0) is 18.7. The van der Waals surface area contributed by atoms with Gasteiger partial charge in [0.25, 0.3) is 0 Å². The molecule has 0 bridgehead atoms. The third kappa shape index (κ3) is 3.74. The molecule has 0 aliphatic heterocycles. The lowest BCUT2D eigenvalue weighted by Gasteiger charge is -2.20. The summed E-state index contributed by atoms with van der Waals surface area (Å²) in [6.07, 6.45) is -1.36. The van der Waals surface area contributed by atoms with Crippen molar-refractivity contribution in [3.05, 3.63) is 66.0 Å². The summed E-state index contributed by atoms with van der Waals surface area (Å²) in [5.41, 5.74) is 5.85. The van der Waals surface area contributed by atoms with Crippen LogP contribution in [0, 0.1) is 0 Å². The average molecular weight is 359 g/mol. The van der Waals surface area contributed by atoms with Gasteiger partial charge in [0.2, 0.25) is 0 Å². The van der Waals surface area contributed by atoms with Gasteiger partial charge in [-0.2, -0.15) is 13.2 Å². The molecule has 0 aliphatic carbocycles. The van der Waals surface area contributed by atoms with Gasteiger partial charge in [-0.05, 0) is 36.8 Å². The Morgan fingerprint density at radius 3 is 2.50 bits per heavy atom. The van der Waals surface area contributed by atoms with Crippen LogP contribution in [0.4, 0.5) is 24.8 Å². The SMILES string of the molecule is C[C@H](Nc1ccnc(-c2cccnc2N)n1)c1ccccc1C(F)(F)F. The van der Waals surface area contributed by atoms with Crippen molar-refractivity contribution in [3.8, 4) is 11.4 Å². The van der Waals surface area contributed by atoms with Crippen molar-refractivity contribution < 1.29 is 13.2 Å². The van der Waals surface area contributed by atoms with E-state index in [1.165, 1.54) is 18.3 Å². The molecular weight excluding hydrogens is 343 g/mol. The third-order valence-electron chi connectivity index (χ3n) is 3.83. The predicted octanol–water partition coefficient (Wildman–Crippen LogP) is 4.31. The van der Waals surface area contributed by atoms with Crippen LogP contribution in [0.5, 0.6) is 0 Å². The normalized spacial score (nSPS) is 12.6. The lowest BCUT2D eigenvalue weighted by Crippen LogP contribution is -2.15. The first kappa shape index (κ1) is 17.7. The molecule has 1 atom stereocenters. The van der Waals surface area contributed by atoms with Gasteiger partial charge in [-0.1, -0.05) is 18.2 Å². The van der Waals surface area contributed by atoms with Gasteiger partial charge in [0, 0.05) is 12.4 Å². The number of anilines is 2. The van der Waals surface area contributed by atoms with Crippen LogP contribution in [0.15, 0.2) is 54.9 Å². The molecule has 0 amide bonds. The summed E-state index contributed by atoms with van der Waals surface area (Å²) in [5.74, 6) is 1.01. The van der Waals surface area contributed by atoms with Crippen LogP contribution in [0.1, 0.15) is 24.1 Å². The molecule has 3 N–H and O–H groups in total. The first-order chi connectivity index (χ1) is 12.4. The number of aromatic nitrogens is 3. The van der Waals surface area contributed by atoms with Gasteiger partial charge in [0.15, 0.2) is 5.82 Å². The quantitative estimate of drug-likeness (QED) is 0.726. The highest BCUT2D eigenvalue weighted by atomic mass is 19.4. The Hall–Kier alpha value is -3.16. The van der Waals surface area contributed by atoms with E-state index in [1.807, 2.05) is 0 Å². The number of nitrogen functional groups attached to an aromatic ring is 1. The molecule has 1 aromatic carbocycles. The second-order valence-electron chi connectivity index (χ2n) is 5.65. The van der Waals surface area contributed by atoms with E-state index in [0.29, 0.717) is 17.2 Å². The topological polar surface area (TPSA) is 76.7 Å². The Bertz CT molecular complexity index is 911. The molecule has 2 heterocycles. The molecule has 0 radical (unpaired) electrons. The van der Waals surface area contributed by atoms with Gasteiger partial charge in [-0.15, -0.1) is 0 Å². The number of nitrogens with one attached hydrogen (secondary N) is 1. The fourth-order valence-corrected chi connectivity index (χ4v) is 2.61. The number of benzene rings is 1.